The van der Waals surface area contributed by atoms with Gasteiger partial charge in [-0.2, -0.15) is 13.2 Å². The molecule has 1 fully saturated rings. The van der Waals surface area contributed by atoms with Crippen molar-refractivity contribution >= 4 is 27.5 Å². The molecule has 11 heteroatoms. The molecule has 1 aliphatic heterocycles. The van der Waals surface area contributed by atoms with Gasteiger partial charge in [-0.25, -0.2) is 13.2 Å². The molecule has 0 spiro atoms. The van der Waals surface area contributed by atoms with Crippen LogP contribution in [-0.4, -0.2) is 43.9 Å². The highest BCUT2D eigenvalue weighted by Gasteiger charge is 2.32. The Morgan fingerprint density at radius 3 is 2.43 bits per heavy atom. The summed E-state index contributed by atoms with van der Waals surface area (Å²) in [5.74, 6) is -1.21. The van der Waals surface area contributed by atoms with E-state index < -0.39 is 45.6 Å². The van der Waals surface area contributed by atoms with Crippen molar-refractivity contribution in [2.75, 3.05) is 16.8 Å². The Balaban J connectivity index is 2.01. The third kappa shape index (κ3) is 6.11. The van der Waals surface area contributed by atoms with Crippen molar-refractivity contribution in [2.24, 2.45) is 5.92 Å². The molecule has 1 aromatic carbocycles. The van der Waals surface area contributed by atoms with Gasteiger partial charge in [0.05, 0.1) is 17.1 Å². The Hall–Kier alpha value is -2.30. The van der Waals surface area contributed by atoms with Crippen LogP contribution in [0.3, 0.4) is 0 Å². The number of sulfone groups is 1. The summed E-state index contributed by atoms with van der Waals surface area (Å²) in [4.78, 5) is 24.6. The zero-order valence-corrected chi connectivity index (χ0v) is 16.2. The summed E-state index contributed by atoms with van der Waals surface area (Å²) in [6, 6.07) is 1.91. The zero-order valence-electron chi connectivity index (χ0n) is 15.3. The van der Waals surface area contributed by atoms with Gasteiger partial charge < -0.3 is 16.0 Å². The third-order valence-corrected chi connectivity index (χ3v) is 6.03. The molecule has 28 heavy (non-hydrogen) atoms. The topological polar surface area (TPSA) is 104 Å². The zero-order chi connectivity index (χ0) is 21.1. The molecule has 0 saturated carbocycles. The Labute approximate surface area is 161 Å². The number of alkyl halides is 3. The van der Waals surface area contributed by atoms with Gasteiger partial charge in [0.1, 0.15) is 6.04 Å². The smallest absolute Gasteiger partial charge is 0.334 e. The second kappa shape index (κ2) is 8.38. The molecule has 1 unspecified atom stereocenters. The van der Waals surface area contributed by atoms with E-state index in [4.69, 9.17) is 0 Å². The molecule has 0 radical (unpaired) electrons. The predicted octanol–water partition coefficient (Wildman–Crippen LogP) is 2.15. The number of hydrogen-bond acceptors (Lipinski definition) is 4. The lowest BCUT2D eigenvalue weighted by Gasteiger charge is -2.23. The molecule has 0 aliphatic carbocycles. The van der Waals surface area contributed by atoms with Crippen LogP contribution in [0, 0.1) is 5.92 Å². The van der Waals surface area contributed by atoms with Crippen molar-refractivity contribution in [1.29, 1.82) is 0 Å². The van der Waals surface area contributed by atoms with E-state index in [1.165, 1.54) is 12.1 Å². The predicted molar refractivity (Wildman–Crippen MR) is 97.4 cm³/mol. The summed E-state index contributed by atoms with van der Waals surface area (Å²) in [5.41, 5.74) is -0.950. The van der Waals surface area contributed by atoms with Crippen molar-refractivity contribution in [3.05, 3.63) is 29.8 Å². The van der Waals surface area contributed by atoms with E-state index in [0.717, 1.165) is 12.1 Å². The maximum absolute atomic E-state index is 12.8. The molecule has 3 amide bonds. The van der Waals surface area contributed by atoms with Crippen LogP contribution in [0.15, 0.2) is 24.3 Å². The van der Waals surface area contributed by atoms with Gasteiger partial charge in [-0.05, 0) is 30.5 Å². The number of urea groups is 1. The van der Waals surface area contributed by atoms with Crippen LogP contribution in [0.2, 0.25) is 0 Å². The number of anilines is 1. The molecular formula is C17H22F3N3O4S. The van der Waals surface area contributed by atoms with Crippen molar-refractivity contribution in [1.82, 2.24) is 10.6 Å². The molecular weight excluding hydrogens is 399 g/mol. The van der Waals surface area contributed by atoms with Crippen molar-refractivity contribution < 1.29 is 31.2 Å². The van der Waals surface area contributed by atoms with Crippen molar-refractivity contribution in [2.45, 2.75) is 38.5 Å². The number of halogens is 3. The van der Waals surface area contributed by atoms with Gasteiger partial charge in [0, 0.05) is 11.7 Å². The maximum atomic E-state index is 12.8. The standard InChI is InChI=1S/C17H22F3N3O4S/c1-10(2)14(23-16(25)22-13-6-7-28(26,27)9-13)15(24)21-12-5-3-4-11(8-12)17(18,19)20/h3-5,8,10,13-14H,6-7,9H2,1-2H3,(H,21,24)(H2,22,23,25)/t13?,14-/m1/s1. The fourth-order valence-electron chi connectivity index (χ4n) is 2.81. The van der Waals surface area contributed by atoms with Crippen LogP contribution in [0.4, 0.5) is 23.7 Å². The summed E-state index contributed by atoms with van der Waals surface area (Å²) in [6.45, 7) is 3.33. The first kappa shape index (κ1) is 22.0. The minimum absolute atomic E-state index is 0.0123. The first-order chi connectivity index (χ1) is 12.9. The lowest BCUT2D eigenvalue weighted by molar-refractivity contribution is -0.137. The third-order valence-electron chi connectivity index (χ3n) is 4.26. The lowest BCUT2D eigenvalue weighted by Crippen LogP contribution is -2.52. The first-order valence-corrected chi connectivity index (χ1v) is 10.4. The maximum Gasteiger partial charge on any atom is 0.416 e. The number of amides is 3. The summed E-state index contributed by atoms with van der Waals surface area (Å²) in [5, 5.41) is 7.34. The highest BCUT2D eigenvalue weighted by atomic mass is 32.2. The van der Waals surface area contributed by atoms with Gasteiger partial charge in [-0.1, -0.05) is 19.9 Å². The van der Waals surface area contributed by atoms with Gasteiger partial charge in [-0.15, -0.1) is 0 Å². The summed E-state index contributed by atoms with van der Waals surface area (Å²) in [6.07, 6.45) is -4.25. The quantitative estimate of drug-likeness (QED) is 0.678. The van der Waals surface area contributed by atoms with E-state index >= 15 is 0 Å². The largest absolute Gasteiger partial charge is 0.416 e. The molecule has 1 saturated heterocycles. The Morgan fingerprint density at radius 2 is 1.89 bits per heavy atom. The average molecular weight is 421 g/mol. The summed E-state index contributed by atoms with van der Waals surface area (Å²) in [7, 11) is -3.17. The van der Waals surface area contributed by atoms with E-state index in [1.807, 2.05) is 0 Å². The average Bonchev–Trinajstić information content (AvgIpc) is 2.90. The van der Waals surface area contributed by atoms with Gasteiger partial charge in [0.25, 0.3) is 0 Å². The number of hydrogen-bond donors (Lipinski definition) is 3. The molecule has 1 aromatic rings. The Kier molecular flexibility index (Phi) is 6.58. The Bertz CT molecular complexity index is 840. The van der Waals surface area contributed by atoms with Gasteiger partial charge >= 0.3 is 12.2 Å². The van der Waals surface area contributed by atoms with Crippen LogP contribution >= 0.6 is 0 Å². The first-order valence-electron chi connectivity index (χ1n) is 8.63. The fourth-order valence-corrected chi connectivity index (χ4v) is 4.48. The molecule has 2 atom stereocenters. The van der Waals surface area contributed by atoms with Crippen LogP contribution in [0.5, 0.6) is 0 Å². The van der Waals surface area contributed by atoms with Gasteiger partial charge in [0.2, 0.25) is 5.91 Å². The lowest BCUT2D eigenvalue weighted by atomic mass is 10.0. The van der Waals surface area contributed by atoms with E-state index in [-0.39, 0.29) is 23.1 Å². The number of carbonyl (C=O) groups excluding carboxylic acids is 2. The highest BCUT2D eigenvalue weighted by Crippen LogP contribution is 2.30. The van der Waals surface area contributed by atoms with Crippen LogP contribution in [0.1, 0.15) is 25.8 Å². The van der Waals surface area contributed by atoms with Gasteiger partial charge in [0.15, 0.2) is 9.84 Å². The van der Waals surface area contributed by atoms with E-state index in [2.05, 4.69) is 16.0 Å². The Morgan fingerprint density at radius 1 is 1.21 bits per heavy atom. The van der Waals surface area contributed by atoms with E-state index in [9.17, 15) is 31.2 Å². The van der Waals surface area contributed by atoms with E-state index in [1.54, 1.807) is 13.8 Å². The molecule has 2 rings (SSSR count). The van der Waals surface area contributed by atoms with Crippen molar-refractivity contribution in [3.63, 3.8) is 0 Å². The fraction of sp³-hybridized carbons (Fsp3) is 0.529. The van der Waals surface area contributed by atoms with Crippen LogP contribution < -0.4 is 16.0 Å². The monoisotopic (exact) mass is 421 g/mol. The molecule has 7 nitrogen and oxygen atoms in total. The number of carbonyl (C=O) groups is 2. The molecule has 3 N–H and O–H groups in total. The van der Waals surface area contributed by atoms with Crippen molar-refractivity contribution in [3.8, 4) is 0 Å². The highest BCUT2D eigenvalue weighted by molar-refractivity contribution is 7.91. The van der Waals surface area contributed by atoms with Crippen LogP contribution in [-0.2, 0) is 20.8 Å². The number of rotatable bonds is 5. The summed E-state index contributed by atoms with van der Waals surface area (Å²) >= 11 is 0. The SMILES string of the molecule is CC(C)[C@@H](NC(=O)NC1CCS(=O)(=O)C1)C(=O)Nc1cccc(C(F)(F)F)c1. The number of nitrogens with one attached hydrogen (secondary N) is 3. The van der Waals surface area contributed by atoms with Crippen LogP contribution in [0.25, 0.3) is 0 Å². The normalized spacial score (nSPS) is 19.9. The molecule has 1 heterocycles. The molecule has 0 bridgehead atoms. The molecule has 1 aliphatic rings. The second-order valence-corrected chi connectivity index (χ2v) is 9.24. The van der Waals surface area contributed by atoms with E-state index in [0.29, 0.717) is 6.42 Å². The minimum Gasteiger partial charge on any atom is -0.334 e. The number of benzene rings is 1. The minimum atomic E-state index is -4.54. The van der Waals surface area contributed by atoms with Gasteiger partial charge in [-0.3, -0.25) is 4.79 Å². The molecule has 0 aromatic heterocycles. The molecule has 156 valence electrons. The summed E-state index contributed by atoms with van der Waals surface area (Å²) < 4.78 is 61.3. The second-order valence-electron chi connectivity index (χ2n) is 7.01.